The molecule has 2 rings (SSSR count). The minimum Gasteiger partial charge on any atom is -0.477 e. The van der Waals surface area contributed by atoms with Gasteiger partial charge in [-0.1, -0.05) is 6.07 Å². The van der Waals surface area contributed by atoms with Gasteiger partial charge in [-0.3, -0.25) is 4.79 Å². The largest absolute Gasteiger partial charge is 0.477 e. The number of aromatic carboxylic acids is 1. The second-order valence-electron chi connectivity index (χ2n) is 4.70. The van der Waals surface area contributed by atoms with Gasteiger partial charge in [0.1, 0.15) is 5.69 Å². The molecule has 2 heterocycles. The van der Waals surface area contributed by atoms with Gasteiger partial charge in [-0.2, -0.15) is 0 Å². The SMILES string of the molecule is O=C(CC1CCNC1)NCc1ccc(C(=O)O)nc1. The van der Waals surface area contributed by atoms with E-state index < -0.39 is 5.97 Å². The number of nitrogens with one attached hydrogen (secondary N) is 2. The lowest BCUT2D eigenvalue weighted by Crippen LogP contribution is -2.26. The molecule has 1 fully saturated rings. The lowest BCUT2D eigenvalue weighted by molar-refractivity contribution is -0.122. The molecule has 1 saturated heterocycles. The minimum atomic E-state index is -1.05. The third-order valence-corrected chi connectivity index (χ3v) is 3.17. The third-order valence-electron chi connectivity index (χ3n) is 3.17. The predicted octanol–water partition coefficient (Wildman–Crippen LogP) is 0.396. The molecule has 1 aromatic rings. The van der Waals surface area contributed by atoms with Crippen LogP contribution in [0.25, 0.3) is 0 Å². The number of hydrogen-bond donors (Lipinski definition) is 3. The molecular weight excluding hydrogens is 246 g/mol. The van der Waals surface area contributed by atoms with E-state index in [1.165, 1.54) is 12.3 Å². The molecule has 19 heavy (non-hydrogen) atoms. The Morgan fingerprint density at radius 1 is 1.47 bits per heavy atom. The van der Waals surface area contributed by atoms with E-state index in [9.17, 15) is 9.59 Å². The maximum absolute atomic E-state index is 11.7. The number of carboxylic acid groups (broad SMARTS) is 1. The van der Waals surface area contributed by atoms with E-state index in [2.05, 4.69) is 15.6 Å². The van der Waals surface area contributed by atoms with Gasteiger partial charge in [-0.05, 0) is 37.1 Å². The van der Waals surface area contributed by atoms with Crippen molar-refractivity contribution in [3.05, 3.63) is 29.6 Å². The van der Waals surface area contributed by atoms with Gasteiger partial charge in [-0.15, -0.1) is 0 Å². The number of hydrogen-bond acceptors (Lipinski definition) is 4. The van der Waals surface area contributed by atoms with Crippen molar-refractivity contribution in [2.45, 2.75) is 19.4 Å². The van der Waals surface area contributed by atoms with Crippen LogP contribution in [0.1, 0.15) is 28.9 Å². The van der Waals surface area contributed by atoms with E-state index in [0.29, 0.717) is 18.9 Å². The van der Waals surface area contributed by atoms with Crippen LogP contribution in [0, 0.1) is 5.92 Å². The third kappa shape index (κ3) is 4.03. The van der Waals surface area contributed by atoms with Crippen molar-refractivity contribution >= 4 is 11.9 Å². The first-order valence-electron chi connectivity index (χ1n) is 6.31. The van der Waals surface area contributed by atoms with Gasteiger partial charge in [0.2, 0.25) is 5.91 Å². The highest BCUT2D eigenvalue weighted by Crippen LogP contribution is 2.11. The first-order valence-corrected chi connectivity index (χ1v) is 6.31. The van der Waals surface area contributed by atoms with Gasteiger partial charge in [0.05, 0.1) is 0 Å². The van der Waals surface area contributed by atoms with E-state index in [-0.39, 0.29) is 11.6 Å². The standard InChI is InChI=1S/C13H17N3O3/c17-12(5-9-3-4-14-6-9)16-8-10-1-2-11(13(18)19)15-7-10/h1-2,7,9,14H,3-6,8H2,(H,16,17)(H,18,19). The van der Waals surface area contributed by atoms with E-state index in [1.54, 1.807) is 6.07 Å². The molecule has 0 saturated carbocycles. The summed E-state index contributed by atoms with van der Waals surface area (Å²) >= 11 is 0. The van der Waals surface area contributed by atoms with Crippen LogP contribution in [-0.2, 0) is 11.3 Å². The molecule has 1 unspecified atom stereocenters. The van der Waals surface area contributed by atoms with Gasteiger partial charge in [0.15, 0.2) is 0 Å². The second kappa shape index (κ2) is 6.29. The quantitative estimate of drug-likeness (QED) is 0.715. The molecule has 0 aliphatic carbocycles. The molecular formula is C13H17N3O3. The Labute approximate surface area is 111 Å². The van der Waals surface area contributed by atoms with E-state index in [4.69, 9.17) is 5.11 Å². The van der Waals surface area contributed by atoms with E-state index in [1.807, 2.05) is 0 Å². The maximum atomic E-state index is 11.7. The molecule has 1 amide bonds. The summed E-state index contributed by atoms with van der Waals surface area (Å²) in [5.74, 6) is -0.604. The van der Waals surface area contributed by atoms with E-state index >= 15 is 0 Å². The highest BCUT2D eigenvalue weighted by molar-refractivity contribution is 5.85. The fourth-order valence-corrected chi connectivity index (χ4v) is 2.08. The van der Waals surface area contributed by atoms with Gasteiger partial charge in [0.25, 0.3) is 0 Å². The predicted molar refractivity (Wildman–Crippen MR) is 68.6 cm³/mol. The smallest absolute Gasteiger partial charge is 0.354 e. The zero-order valence-corrected chi connectivity index (χ0v) is 10.6. The summed E-state index contributed by atoms with van der Waals surface area (Å²) in [6, 6.07) is 3.10. The molecule has 6 nitrogen and oxygen atoms in total. The van der Waals surface area contributed by atoms with Crippen LogP contribution in [0.5, 0.6) is 0 Å². The number of carbonyl (C=O) groups excluding carboxylic acids is 1. The first-order chi connectivity index (χ1) is 9.15. The second-order valence-corrected chi connectivity index (χ2v) is 4.70. The van der Waals surface area contributed by atoms with Crippen LogP contribution < -0.4 is 10.6 Å². The summed E-state index contributed by atoms with van der Waals surface area (Å²) in [7, 11) is 0. The van der Waals surface area contributed by atoms with Crippen LogP contribution in [-0.4, -0.2) is 35.1 Å². The molecule has 6 heteroatoms. The van der Waals surface area contributed by atoms with Gasteiger partial charge >= 0.3 is 5.97 Å². The average Bonchev–Trinajstić information content (AvgIpc) is 2.89. The van der Waals surface area contributed by atoms with Crippen molar-refractivity contribution in [3.8, 4) is 0 Å². The molecule has 0 bridgehead atoms. The highest BCUT2D eigenvalue weighted by atomic mass is 16.4. The van der Waals surface area contributed by atoms with Gasteiger partial charge in [0, 0.05) is 19.2 Å². The van der Waals surface area contributed by atoms with E-state index in [0.717, 1.165) is 25.1 Å². The summed E-state index contributed by atoms with van der Waals surface area (Å²) in [5.41, 5.74) is 0.801. The van der Waals surface area contributed by atoms with Crippen LogP contribution in [0.4, 0.5) is 0 Å². The monoisotopic (exact) mass is 263 g/mol. The van der Waals surface area contributed by atoms with Gasteiger partial charge < -0.3 is 15.7 Å². The van der Waals surface area contributed by atoms with Crippen molar-refractivity contribution in [1.29, 1.82) is 0 Å². The number of carboxylic acids is 1. The summed E-state index contributed by atoms with van der Waals surface area (Å²) in [4.78, 5) is 26.1. The summed E-state index contributed by atoms with van der Waals surface area (Å²) in [5, 5.41) is 14.8. The van der Waals surface area contributed by atoms with Crippen LogP contribution in [0.15, 0.2) is 18.3 Å². The topological polar surface area (TPSA) is 91.3 Å². The van der Waals surface area contributed by atoms with Crippen molar-refractivity contribution in [3.63, 3.8) is 0 Å². The van der Waals surface area contributed by atoms with Crippen molar-refractivity contribution in [2.24, 2.45) is 5.92 Å². The Bertz CT molecular complexity index is 453. The number of rotatable bonds is 5. The Balaban J connectivity index is 1.77. The number of amides is 1. The lowest BCUT2D eigenvalue weighted by atomic mass is 10.0. The van der Waals surface area contributed by atoms with Crippen LogP contribution in [0.2, 0.25) is 0 Å². The fraction of sp³-hybridized carbons (Fsp3) is 0.462. The highest BCUT2D eigenvalue weighted by Gasteiger charge is 2.17. The number of nitrogens with zero attached hydrogens (tertiary/aromatic N) is 1. The van der Waals surface area contributed by atoms with Crippen molar-refractivity contribution in [2.75, 3.05) is 13.1 Å². The Morgan fingerprint density at radius 2 is 2.32 bits per heavy atom. The zero-order valence-electron chi connectivity index (χ0n) is 10.6. The lowest BCUT2D eigenvalue weighted by Gasteiger charge is -2.09. The first kappa shape index (κ1) is 13.5. The average molecular weight is 263 g/mol. The Kier molecular flexibility index (Phi) is 4.46. The zero-order chi connectivity index (χ0) is 13.7. The maximum Gasteiger partial charge on any atom is 0.354 e. The normalized spacial score (nSPS) is 18.2. The van der Waals surface area contributed by atoms with Crippen LogP contribution in [0.3, 0.4) is 0 Å². The number of carbonyl (C=O) groups is 2. The van der Waals surface area contributed by atoms with Crippen LogP contribution >= 0.6 is 0 Å². The number of pyridine rings is 1. The molecule has 1 aliphatic heterocycles. The molecule has 1 atom stereocenters. The Hall–Kier alpha value is -1.95. The summed E-state index contributed by atoms with van der Waals surface area (Å²) in [6.45, 7) is 2.27. The molecule has 1 aromatic heterocycles. The number of aromatic nitrogens is 1. The minimum absolute atomic E-state index is 0.00658. The molecule has 3 N–H and O–H groups in total. The summed E-state index contributed by atoms with van der Waals surface area (Å²) < 4.78 is 0. The van der Waals surface area contributed by atoms with Crippen molar-refractivity contribution < 1.29 is 14.7 Å². The molecule has 0 aromatic carbocycles. The molecule has 0 radical (unpaired) electrons. The fourth-order valence-electron chi connectivity index (χ4n) is 2.08. The molecule has 1 aliphatic rings. The molecule has 0 spiro atoms. The summed E-state index contributed by atoms with van der Waals surface area (Å²) in [6.07, 6.45) is 3.05. The molecule has 102 valence electrons. The van der Waals surface area contributed by atoms with Crippen molar-refractivity contribution in [1.82, 2.24) is 15.6 Å². The van der Waals surface area contributed by atoms with Gasteiger partial charge in [-0.25, -0.2) is 9.78 Å². The Morgan fingerprint density at radius 3 is 2.89 bits per heavy atom.